The molecule has 2 fully saturated rings. The maximum Gasteiger partial charge on any atom is 0.289 e. The normalized spacial score (nSPS) is 19.0. The first-order valence-electron chi connectivity index (χ1n) is 11.2. The highest BCUT2D eigenvalue weighted by Crippen LogP contribution is 2.25. The molecule has 2 aliphatic heterocycles. The van der Waals surface area contributed by atoms with Crippen molar-refractivity contribution in [3.05, 3.63) is 59.5 Å². The Bertz CT molecular complexity index is 864. The van der Waals surface area contributed by atoms with Crippen LogP contribution in [0.1, 0.15) is 40.6 Å². The molecule has 0 saturated carbocycles. The Balaban J connectivity index is 1.35. The number of carbonyl (C=O) groups is 1. The summed E-state index contributed by atoms with van der Waals surface area (Å²) in [4.78, 5) is 23.7. The number of carbonyl (C=O) groups excluding carboxylic acids is 1. The summed E-state index contributed by atoms with van der Waals surface area (Å²) < 4.78 is 5.26. The van der Waals surface area contributed by atoms with Gasteiger partial charge < -0.3 is 19.5 Å². The van der Waals surface area contributed by atoms with E-state index in [-0.39, 0.29) is 5.91 Å². The maximum atomic E-state index is 12.5. The molecule has 166 valence electrons. The average Bonchev–Trinajstić information content (AvgIpc) is 3.52. The Labute approximate surface area is 184 Å². The van der Waals surface area contributed by atoms with Gasteiger partial charge in [-0.15, -0.1) is 0 Å². The molecule has 1 amide bonds. The van der Waals surface area contributed by atoms with Gasteiger partial charge in [-0.05, 0) is 50.6 Å². The number of nitrogens with zero attached hydrogens (tertiary/aromatic N) is 4. The molecule has 31 heavy (non-hydrogen) atoms. The first-order valence-corrected chi connectivity index (χ1v) is 11.2. The molecule has 0 radical (unpaired) electrons. The van der Waals surface area contributed by atoms with Crippen molar-refractivity contribution in [1.29, 1.82) is 0 Å². The van der Waals surface area contributed by atoms with Crippen molar-refractivity contribution < 1.29 is 9.21 Å². The lowest BCUT2D eigenvalue weighted by atomic mass is 10.0. The number of furan rings is 1. The molecule has 1 N–H and O–H groups in total. The van der Waals surface area contributed by atoms with E-state index in [0.717, 1.165) is 38.7 Å². The number of likely N-dealkylation sites (tertiary alicyclic amines) is 1. The van der Waals surface area contributed by atoms with Gasteiger partial charge in [0, 0.05) is 39.8 Å². The standard InChI is InChI=1S/C24H33N5O2/c1-19-7-9-20(10-8-19)21(27-11-3-4-12-27)18-26-24(25-2)29-15-13-28(14-16-29)23(30)22-6-5-17-31-22/h5-10,17,21H,3-4,11-16,18H2,1-2H3,(H,25,26). The van der Waals surface area contributed by atoms with Crippen molar-refractivity contribution in [2.45, 2.75) is 25.8 Å². The van der Waals surface area contributed by atoms with Crippen LogP contribution in [0.4, 0.5) is 0 Å². The highest BCUT2D eigenvalue weighted by molar-refractivity contribution is 5.91. The monoisotopic (exact) mass is 423 g/mol. The van der Waals surface area contributed by atoms with Crippen LogP contribution in [0.15, 0.2) is 52.1 Å². The molecule has 2 saturated heterocycles. The Morgan fingerprint density at radius 3 is 2.32 bits per heavy atom. The minimum Gasteiger partial charge on any atom is -0.459 e. The number of amides is 1. The first-order chi connectivity index (χ1) is 15.2. The fraction of sp³-hybridized carbons (Fsp3) is 0.500. The average molecular weight is 424 g/mol. The van der Waals surface area contributed by atoms with Gasteiger partial charge in [-0.3, -0.25) is 14.7 Å². The van der Waals surface area contributed by atoms with Crippen molar-refractivity contribution in [3.8, 4) is 0 Å². The molecule has 0 aliphatic carbocycles. The van der Waals surface area contributed by atoms with Crippen molar-refractivity contribution in [3.63, 3.8) is 0 Å². The molecule has 1 unspecified atom stereocenters. The largest absolute Gasteiger partial charge is 0.459 e. The number of benzene rings is 1. The molecule has 4 rings (SSSR count). The molecule has 2 aromatic rings. The SMILES string of the molecule is CN=C(NCC(c1ccc(C)cc1)N1CCCC1)N1CCN(C(=O)c2ccco2)CC1. The Hall–Kier alpha value is -2.80. The van der Waals surface area contributed by atoms with Crippen LogP contribution in [-0.2, 0) is 0 Å². The lowest BCUT2D eigenvalue weighted by Crippen LogP contribution is -2.54. The quantitative estimate of drug-likeness (QED) is 0.592. The van der Waals surface area contributed by atoms with Crippen molar-refractivity contribution in [2.75, 3.05) is 52.9 Å². The third kappa shape index (κ3) is 5.10. The zero-order valence-corrected chi connectivity index (χ0v) is 18.6. The van der Waals surface area contributed by atoms with Gasteiger partial charge in [-0.1, -0.05) is 29.8 Å². The van der Waals surface area contributed by atoms with Crippen LogP contribution in [0.25, 0.3) is 0 Å². The third-order valence-electron chi connectivity index (χ3n) is 6.31. The van der Waals surface area contributed by atoms with Gasteiger partial charge >= 0.3 is 0 Å². The highest BCUT2D eigenvalue weighted by Gasteiger charge is 2.27. The molecule has 7 heteroatoms. The van der Waals surface area contributed by atoms with E-state index in [2.05, 4.69) is 51.3 Å². The van der Waals surface area contributed by atoms with E-state index in [1.807, 2.05) is 11.9 Å². The molecular weight excluding hydrogens is 390 g/mol. The van der Waals surface area contributed by atoms with Crippen molar-refractivity contribution >= 4 is 11.9 Å². The van der Waals surface area contributed by atoms with E-state index in [1.165, 1.54) is 24.0 Å². The van der Waals surface area contributed by atoms with Crippen LogP contribution in [0, 0.1) is 6.92 Å². The van der Waals surface area contributed by atoms with E-state index < -0.39 is 0 Å². The molecule has 2 aliphatic rings. The predicted molar refractivity (Wildman–Crippen MR) is 122 cm³/mol. The zero-order valence-electron chi connectivity index (χ0n) is 18.6. The second-order valence-electron chi connectivity index (χ2n) is 8.35. The van der Waals surface area contributed by atoms with Gasteiger partial charge in [0.25, 0.3) is 5.91 Å². The Morgan fingerprint density at radius 1 is 1.03 bits per heavy atom. The van der Waals surface area contributed by atoms with Gasteiger partial charge in [0.1, 0.15) is 0 Å². The van der Waals surface area contributed by atoms with E-state index in [4.69, 9.17) is 4.42 Å². The molecule has 3 heterocycles. The minimum absolute atomic E-state index is 0.0407. The number of rotatable bonds is 5. The number of hydrogen-bond donors (Lipinski definition) is 1. The summed E-state index contributed by atoms with van der Waals surface area (Å²) in [5.41, 5.74) is 2.64. The Kier molecular flexibility index (Phi) is 6.92. The van der Waals surface area contributed by atoms with Crippen molar-refractivity contribution in [2.24, 2.45) is 4.99 Å². The van der Waals surface area contributed by atoms with Gasteiger partial charge in [0.2, 0.25) is 0 Å². The fourth-order valence-electron chi connectivity index (χ4n) is 4.50. The number of piperazine rings is 1. The summed E-state index contributed by atoms with van der Waals surface area (Å²) in [6, 6.07) is 12.7. The molecule has 1 aromatic carbocycles. The van der Waals surface area contributed by atoms with Gasteiger partial charge in [-0.2, -0.15) is 0 Å². The third-order valence-corrected chi connectivity index (χ3v) is 6.31. The predicted octanol–water partition coefficient (Wildman–Crippen LogP) is 2.76. The number of aliphatic imine (C=N–C) groups is 1. The first kappa shape index (κ1) is 21.4. The molecule has 7 nitrogen and oxygen atoms in total. The maximum absolute atomic E-state index is 12.5. The molecule has 1 aromatic heterocycles. The van der Waals surface area contributed by atoms with Gasteiger partial charge in [0.15, 0.2) is 11.7 Å². The summed E-state index contributed by atoms with van der Waals surface area (Å²) >= 11 is 0. The summed E-state index contributed by atoms with van der Waals surface area (Å²) in [5, 5.41) is 3.61. The minimum atomic E-state index is -0.0407. The van der Waals surface area contributed by atoms with E-state index in [9.17, 15) is 4.79 Å². The molecular formula is C24H33N5O2. The number of guanidine groups is 1. The number of aryl methyl sites for hydroxylation is 1. The van der Waals surface area contributed by atoms with Crippen molar-refractivity contribution in [1.82, 2.24) is 20.0 Å². The zero-order chi connectivity index (χ0) is 21.6. The lowest BCUT2D eigenvalue weighted by Gasteiger charge is -2.37. The number of hydrogen-bond acceptors (Lipinski definition) is 4. The summed E-state index contributed by atoms with van der Waals surface area (Å²) in [6.07, 6.45) is 4.07. The summed E-state index contributed by atoms with van der Waals surface area (Å²) in [5.74, 6) is 1.27. The molecule has 0 bridgehead atoms. The fourth-order valence-corrected chi connectivity index (χ4v) is 4.50. The lowest BCUT2D eigenvalue weighted by molar-refractivity contribution is 0.0657. The highest BCUT2D eigenvalue weighted by atomic mass is 16.3. The number of nitrogens with one attached hydrogen (secondary N) is 1. The second kappa shape index (κ2) is 10.0. The smallest absolute Gasteiger partial charge is 0.289 e. The van der Waals surface area contributed by atoms with Crippen LogP contribution < -0.4 is 5.32 Å². The van der Waals surface area contributed by atoms with E-state index in [1.54, 1.807) is 18.4 Å². The van der Waals surface area contributed by atoms with Crippen LogP contribution in [0.2, 0.25) is 0 Å². The van der Waals surface area contributed by atoms with Crippen LogP contribution in [-0.4, -0.2) is 79.4 Å². The second-order valence-corrected chi connectivity index (χ2v) is 8.35. The van der Waals surface area contributed by atoms with Crippen LogP contribution in [0.5, 0.6) is 0 Å². The summed E-state index contributed by atoms with van der Waals surface area (Å²) in [7, 11) is 1.83. The molecule has 1 atom stereocenters. The van der Waals surface area contributed by atoms with E-state index in [0.29, 0.717) is 24.9 Å². The summed E-state index contributed by atoms with van der Waals surface area (Å²) in [6.45, 7) is 8.07. The van der Waals surface area contributed by atoms with E-state index >= 15 is 0 Å². The van der Waals surface area contributed by atoms with Gasteiger partial charge in [-0.25, -0.2) is 0 Å². The topological polar surface area (TPSA) is 64.3 Å². The Morgan fingerprint density at radius 2 is 1.71 bits per heavy atom. The van der Waals surface area contributed by atoms with Crippen LogP contribution in [0.3, 0.4) is 0 Å². The molecule has 0 spiro atoms. The van der Waals surface area contributed by atoms with Crippen LogP contribution >= 0.6 is 0 Å². The van der Waals surface area contributed by atoms with Gasteiger partial charge in [0.05, 0.1) is 12.3 Å².